The van der Waals surface area contributed by atoms with Crippen molar-refractivity contribution < 1.29 is 4.92 Å². The van der Waals surface area contributed by atoms with Crippen LogP contribution in [0.25, 0.3) is 0 Å². The van der Waals surface area contributed by atoms with Crippen LogP contribution in [0.1, 0.15) is 13.3 Å². The summed E-state index contributed by atoms with van der Waals surface area (Å²) in [6, 6.07) is 0. The molecule has 0 bridgehead atoms. The maximum absolute atomic E-state index is 10.7. The van der Waals surface area contributed by atoms with Gasteiger partial charge in [0, 0.05) is 16.0 Å². The largest absolute Gasteiger partial charge is 0.333 e. The molecular weight excluding hydrogens is 248 g/mol. The summed E-state index contributed by atoms with van der Waals surface area (Å²) in [6.07, 6.45) is 3.18. The fourth-order valence-electron chi connectivity index (χ4n) is 1.25. The molecule has 0 saturated heterocycles. The lowest BCUT2D eigenvalue weighted by Gasteiger charge is -2.25. The van der Waals surface area contributed by atoms with Crippen LogP contribution in [0.4, 0.5) is 0 Å². The van der Waals surface area contributed by atoms with Gasteiger partial charge in [-0.1, -0.05) is 18.5 Å². The highest BCUT2D eigenvalue weighted by Gasteiger charge is 2.49. The van der Waals surface area contributed by atoms with E-state index in [1.807, 2.05) is 6.92 Å². The van der Waals surface area contributed by atoms with Crippen LogP contribution in [0.15, 0.2) is 22.8 Å². The Kier molecular flexibility index (Phi) is 3.45. The molecule has 14 heavy (non-hydrogen) atoms. The summed E-state index contributed by atoms with van der Waals surface area (Å²) in [4.78, 5) is 8.34. The summed E-state index contributed by atoms with van der Waals surface area (Å²) in [6.45, 7) is 1.82. The van der Waals surface area contributed by atoms with E-state index in [1.165, 1.54) is 12.2 Å². The lowest BCUT2D eigenvalue weighted by molar-refractivity contribution is -0.526. The zero-order valence-corrected chi connectivity index (χ0v) is 9.60. The lowest BCUT2D eigenvalue weighted by Crippen LogP contribution is -2.42. The quantitative estimate of drug-likeness (QED) is 0.329. The fraction of sp³-hybridized carbons (Fsp3) is 0.500. The summed E-state index contributed by atoms with van der Waals surface area (Å²) in [5, 5.41) is 10.3. The second-order valence-corrected chi connectivity index (χ2v) is 4.36. The molecule has 0 aromatic heterocycles. The third-order valence-corrected chi connectivity index (χ3v) is 3.65. The molecule has 0 amide bonds. The third-order valence-electron chi connectivity index (χ3n) is 2.09. The van der Waals surface area contributed by atoms with Crippen molar-refractivity contribution in [1.29, 1.82) is 0 Å². The van der Waals surface area contributed by atoms with Crippen LogP contribution in [-0.4, -0.2) is 15.3 Å². The molecular formula is C8H8Cl3NO2. The van der Waals surface area contributed by atoms with Crippen molar-refractivity contribution in [3.8, 4) is 0 Å². The molecule has 1 aliphatic carbocycles. The maximum Gasteiger partial charge on any atom is 0.333 e. The normalized spacial score (nSPS) is 32.1. The van der Waals surface area contributed by atoms with Gasteiger partial charge in [-0.3, -0.25) is 10.1 Å². The molecule has 0 saturated carbocycles. The molecule has 0 N–H and O–H groups in total. The monoisotopic (exact) mass is 255 g/mol. The van der Waals surface area contributed by atoms with E-state index < -0.39 is 15.3 Å². The highest BCUT2D eigenvalue weighted by Crippen LogP contribution is 2.39. The number of alkyl halides is 2. The first kappa shape index (κ1) is 11.8. The van der Waals surface area contributed by atoms with Gasteiger partial charge < -0.3 is 0 Å². The van der Waals surface area contributed by atoms with Gasteiger partial charge in [0.05, 0.1) is 0 Å². The predicted molar refractivity (Wildman–Crippen MR) is 57.5 cm³/mol. The Morgan fingerprint density at radius 1 is 1.71 bits per heavy atom. The Hall–Kier alpha value is -0.250. The van der Waals surface area contributed by atoms with Crippen molar-refractivity contribution in [3.05, 3.63) is 32.9 Å². The van der Waals surface area contributed by atoms with Gasteiger partial charge in [0.15, 0.2) is 0 Å². The number of allylic oxidation sites excluding steroid dienone is 2. The van der Waals surface area contributed by atoms with E-state index in [2.05, 4.69) is 0 Å². The zero-order valence-electron chi connectivity index (χ0n) is 7.34. The summed E-state index contributed by atoms with van der Waals surface area (Å²) in [5.41, 5.74) is 0.600. The highest BCUT2D eigenvalue weighted by atomic mass is 35.5. The molecule has 0 fully saturated rings. The van der Waals surface area contributed by atoms with Gasteiger partial charge in [0.1, 0.15) is 5.38 Å². The minimum atomic E-state index is -1.77. The first-order valence-corrected chi connectivity index (χ1v) is 5.18. The second-order valence-electron chi connectivity index (χ2n) is 2.91. The van der Waals surface area contributed by atoms with E-state index in [4.69, 9.17) is 34.8 Å². The molecule has 0 heterocycles. The van der Waals surface area contributed by atoms with Gasteiger partial charge >= 0.3 is 5.00 Å². The van der Waals surface area contributed by atoms with E-state index in [9.17, 15) is 10.1 Å². The van der Waals surface area contributed by atoms with E-state index >= 15 is 0 Å². The molecule has 1 rings (SSSR count). The van der Waals surface area contributed by atoms with Gasteiger partial charge in [0.25, 0.3) is 0 Å². The standard InChI is InChI=1S/C8H8Cl3NO2/c1-2-5-6(9)3-4-8(11,7(5)10)12(13)14/h3-4,7H,2H2,1H3. The van der Waals surface area contributed by atoms with E-state index in [-0.39, 0.29) is 0 Å². The molecule has 2 unspecified atom stereocenters. The smallest absolute Gasteiger partial charge is 0.262 e. The molecule has 0 radical (unpaired) electrons. The van der Waals surface area contributed by atoms with E-state index in [0.717, 1.165) is 0 Å². The number of hydrogen-bond donors (Lipinski definition) is 0. The van der Waals surface area contributed by atoms with Gasteiger partial charge in [0.2, 0.25) is 0 Å². The molecule has 1 aliphatic rings. The van der Waals surface area contributed by atoms with Gasteiger partial charge in [-0.2, -0.15) is 0 Å². The van der Waals surface area contributed by atoms with Crippen molar-refractivity contribution in [2.24, 2.45) is 0 Å². The first-order valence-electron chi connectivity index (χ1n) is 3.98. The molecule has 6 heteroatoms. The predicted octanol–water partition coefficient (Wildman–Crippen LogP) is 3.28. The van der Waals surface area contributed by atoms with Crippen LogP contribution in [-0.2, 0) is 0 Å². The van der Waals surface area contributed by atoms with Crippen molar-refractivity contribution in [2.45, 2.75) is 23.7 Å². The van der Waals surface area contributed by atoms with Crippen LogP contribution in [0.5, 0.6) is 0 Å². The van der Waals surface area contributed by atoms with Crippen molar-refractivity contribution in [1.82, 2.24) is 0 Å². The molecule has 0 spiro atoms. The summed E-state index contributed by atoms with van der Waals surface area (Å²) in [5.74, 6) is 0. The minimum absolute atomic E-state index is 0.436. The van der Waals surface area contributed by atoms with Crippen LogP contribution in [0.2, 0.25) is 0 Å². The number of nitro groups is 1. The Balaban J connectivity index is 3.14. The summed E-state index contributed by atoms with van der Waals surface area (Å²) in [7, 11) is 0. The Bertz CT molecular complexity index is 327. The summed E-state index contributed by atoms with van der Waals surface area (Å²) >= 11 is 17.5. The lowest BCUT2D eigenvalue weighted by atomic mass is 9.97. The Labute approximate surface area is 96.5 Å². The average molecular weight is 257 g/mol. The van der Waals surface area contributed by atoms with Crippen molar-refractivity contribution in [3.63, 3.8) is 0 Å². The maximum atomic E-state index is 10.7. The van der Waals surface area contributed by atoms with Crippen molar-refractivity contribution >= 4 is 34.8 Å². The van der Waals surface area contributed by atoms with E-state index in [0.29, 0.717) is 17.0 Å². The number of rotatable bonds is 2. The van der Waals surface area contributed by atoms with Crippen molar-refractivity contribution in [2.75, 3.05) is 0 Å². The fourth-order valence-corrected chi connectivity index (χ4v) is 2.23. The highest BCUT2D eigenvalue weighted by molar-refractivity contribution is 6.37. The van der Waals surface area contributed by atoms with Crippen LogP contribution in [0, 0.1) is 10.1 Å². The number of halogens is 3. The molecule has 3 nitrogen and oxygen atoms in total. The topological polar surface area (TPSA) is 43.1 Å². The second kappa shape index (κ2) is 4.09. The molecule has 78 valence electrons. The Morgan fingerprint density at radius 2 is 2.29 bits per heavy atom. The van der Waals surface area contributed by atoms with Gasteiger partial charge in [-0.05, 0) is 29.7 Å². The first-order chi connectivity index (χ1) is 6.43. The molecule has 2 atom stereocenters. The van der Waals surface area contributed by atoms with Crippen LogP contribution < -0.4 is 0 Å². The summed E-state index contributed by atoms with van der Waals surface area (Å²) < 4.78 is 0. The zero-order chi connectivity index (χ0) is 10.9. The van der Waals surface area contributed by atoms with Gasteiger partial charge in [-0.15, -0.1) is 11.6 Å². The number of hydrogen-bond acceptors (Lipinski definition) is 2. The van der Waals surface area contributed by atoms with Gasteiger partial charge in [-0.25, -0.2) is 0 Å². The molecule has 0 aliphatic heterocycles. The van der Waals surface area contributed by atoms with Crippen LogP contribution in [0.3, 0.4) is 0 Å². The van der Waals surface area contributed by atoms with Crippen LogP contribution >= 0.6 is 34.8 Å². The minimum Gasteiger partial charge on any atom is -0.262 e. The third kappa shape index (κ3) is 1.76. The SMILES string of the molecule is CCC1=C(Cl)C=CC(Cl)([N+](=O)[O-])C1Cl. The number of nitrogens with zero attached hydrogens (tertiary/aromatic N) is 1. The van der Waals surface area contributed by atoms with E-state index in [1.54, 1.807) is 0 Å². The molecule has 0 aromatic rings. The molecule has 0 aromatic carbocycles. The Morgan fingerprint density at radius 3 is 2.71 bits per heavy atom. The average Bonchev–Trinajstić information content (AvgIpc) is 2.13.